The Morgan fingerprint density at radius 3 is 2.60 bits per heavy atom. The summed E-state index contributed by atoms with van der Waals surface area (Å²) in [6.07, 6.45) is 3.77. The van der Waals surface area contributed by atoms with Gasteiger partial charge in [-0.2, -0.15) is 5.10 Å². The molecule has 2 aromatic carbocycles. The molecule has 0 unspecified atom stereocenters. The topological polar surface area (TPSA) is 101 Å². The predicted octanol–water partition coefficient (Wildman–Crippen LogP) is 3.61. The molecule has 3 rings (SSSR count). The van der Waals surface area contributed by atoms with Crippen LogP contribution >= 0.6 is 15.9 Å². The number of hydrogen-bond acceptors (Lipinski definition) is 7. The molecule has 0 aliphatic rings. The summed E-state index contributed by atoms with van der Waals surface area (Å²) in [4.78, 5) is 15.0. The maximum atomic E-state index is 12.3. The summed E-state index contributed by atoms with van der Waals surface area (Å²) in [5, 5.41) is 12.0. The molecule has 154 valence electrons. The molecule has 0 amide bonds. The molecule has 2 N–H and O–H groups in total. The third-order valence-corrected chi connectivity index (χ3v) is 4.48. The summed E-state index contributed by atoms with van der Waals surface area (Å²) < 4.78 is 11.3. The number of benzene rings is 2. The van der Waals surface area contributed by atoms with Crippen molar-refractivity contribution in [2.24, 2.45) is 5.10 Å². The summed E-state index contributed by atoms with van der Waals surface area (Å²) in [5.41, 5.74) is 4.47. The van der Waals surface area contributed by atoms with E-state index in [9.17, 15) is 4.79 Å². The number of ether oxygens (including phenoxy) is 2. The lowest BCUT2D eigenvalue weighted by Gasteiger charge is -2.09. The molecule has 0 saturated carbocycles. The molecule has 0 bridgehead atoms. The first-order chi connectivity index (χ1) is 14.6. The number of hydrazone groups is 1. The quantitative estimate of drug-likeness (QED) is 0.385. The Morgan fingerprint density at radius 1 is 1.13 bits per heavy atom. The number of H-pyrrole nitrogens is 1. The van der Waals surface area contributed by atoms with Crippen molar-refractivity contribution >= 4 is 34.2 Å². The lowest BCUT2D eigenvalue weighted by Crippen LogP contribution is -2.18. The van der Waals surface area contributed by atoms with Crippen LogP contribution in [0.2, 0.25) is 0 Å². The first-order valence-electron chi connectivity index (χ1n) is 8.97. The molecule has 8 nitrogen and oxygen atoms in total. The zero-order chi connectivity index (χ0) is 21.3. The minimum atomic E-state index is -0.351. The van der Waals surface area contributed by atoms with Gasteiger partial charge in [-0.15, -0.1) is 10.2 Å². The molecule has 0 fully saturated rings. The van der Waals surface area contributed by atoms with Crippen molar-refractivity contribution in [3.63, 3.8) is 0 Å². The monoisotopic (exact) mass is 469 g/mol. The maximum Gasteiger partial charge on any atom is 0.274 e. The third kappa shape index (κ3) is 5.77. The van der Waals surface area contributed by atoms with Crippen molar-refractivity contribution < 1.29 is 9.47 Å². The molecule has 0 aliphatic heterocycles. The van der Waals surface area contributed by atoms with E-state index in [1.165, 1.54) is 0 Å². The van der Waals surface area contributed by atoms with Crippen molar-refractivity contribution in [1.82, 2.24) is 15.2 Å². The SMILES string of the molecule is COc1ccc(Cc2nnc(N/N=C/C(Br)=C/c3ccccc3)[nH]c2=O)cc1OC. The van der Waals surface area contributed by atoms with Crippen LogP contribution in [0, 0.1) is 0 Å². The van der Waals surface area contributed by atoms with Gasteiger partial charge in [-0.1, -0.05) is 36.4 Å². The van der Waals surface area contributed by atoms with E-state index >= 15 is 0 Å². The Bertz CT molecular complexity index is 1110. The highest BCUT2D eigenvalue weighted by atomic mass is 79.9. The summed E-state index contributed by atoms with van der Waals surface area (Å²) in [6, 6.07) is 15.2. The maximum absolute atomic E-state index is 12.3. The smallest absolute Gasteiger partial charge is 0.274 e. The van der Waals surface area contributed by atoms with Crippen LogP contribution in [0.1, 0.15) is 16.8 Å². The average Bonchev–Trinajstić information content (AvgIpc) is 2.76. The minimum Gasteiger partial charge on any atom is -0.493 e. The van der Waals surface area contributed by atoms with E-state index < -0.39 is 0 Å². The zero-order valence-electron chi connectivity index (χ0n) is 16.4. The van der Waals surface area contributed by atoms with Gasteiger partial charge in [-0.25, -0.2) is 5.43 Å². The van der Waals surface area contributed by atoms with E-state index in [2.05, 4.69) is 41.6 Å². The third-order valence-electron chi connectivity index (χ3n) is 4.05. The normalized spacial score (nSPS) is 11.5. The van der Waals surface area contributed by atoms with Gasteiger partial charge >= 0.3 is 0 Å². The number of methoxy groups -OCH3 is 2. The van der Waals surface area contributed by atoms with Crippen LogP contribution in [-0.2, 0) is 6.42 Å². The van der Waals surface area contributed by atoms with Crippen LogP contribution in [0.25, 0.3) is 6.08 Å². The second kappa shape index (κ2) is 10.4. The van der Waals surface area contributed by atoms with Gasteiger partial charge in [0, 0.05) is 10.9 Å². The fourth-order valence-electron chi connectivity index (χ4n) is 2.61. The highest BCUT2D eigenvalue weighted by Gasteiger charge is 2.09. The molecule has 0 radical (unpaired) electrons. The summed E-state index contributed by atoms with van der Waals surface area (Å²) in [5.74, 6) is 1.35. The van der Waals surface area contributed by atoms with Crippen molar-refractivity contribution in [3.05, 3.63) is 80.2 Å². The Balaban J connectivity index is 1.65. The Morgan fingerprint density at radius 2 is 1.90 bits per heavy atom. The molecule has 0 atom stereocenters. The van der Waals surface area contributed by atoms with Gasteiger partial charge in [0.2, 0.25) is 5.95 Å². The fraction of sp³-hybridized carbons (Fsp3) is 0.143. The molecule has 9 heteroatoms. The average molecular weight is 470 g/mol. The van der Waals surface area contributed by atoms with E-state index in [4.69, 9.17) is 9.47 Å². The second-order valence-electron chi connectivity index (χ2n) is 6.13. The largest absolute Gasteiger partial charge is 0.493 e. The molecule has 1 aromatic heterocycles. The summed E-state index contributed by atoms with van der Waals surface area (Å²) in [7, 11) is 3.13. The van der Waals surface area contributed by atoms with Gasteiger partial charge < -0.3 is 9.47 Å². The number of halogens is 1. The molecule has 0 spiro atoms. The van der Waals surface area contributed by atoms with Crippen LogP contribution in [-0.4, -0.2) is 35.6 Å². The van der Waals surface area contributed by atoms with Crippen molar-refractivity contribution in [3.8, 4) is 11.5 Å². The lowest BCUT2D eigenvalue weighted by molar-refractivity contribution is 0.354. The van der Waals surface area contributed by atoms with Crippen molar-refractivity contribution in [1.29, 1.82) is 0 Å². The fourth-order valence-corrected chi connectivity index (χ4v) is 2.98. The standard InChI is InChI=1S/C21H20BrN5O3/c1-29-18-9-8-15(12-19(18)30-2)11-17-20(28)24-21(27-25-17)26-23-13-16(22)10-14-6-4-3-5-7-14/h3-10,12-13H,11H2,1-2H3,(H2,24,26,27,28)/b16-10-,23-13+. The number of aromatic nitrogens is 3. The number of rotatable bonds is 8. The van der Waals surface area contributed by atoms with Crippen LogP contribution in [0.5, 0.6) is 11.5 Å². The first-order valence-corrected chi connectivity index (χ1v) is 9.76. The molecule has 30 heavy (non-hydrogen) atoms. The summed E-state index contributed by atoms with van der Waals surface area (Å²) >= 11 is 3.42. The van der Waals surface area contributed by atoms with Crippen molar-refractivity contribution in [2.75, 3.05) is 19.6 Å². The van der Waals surface area contributed by atoms with Crippen LogP contribution in [0.4, 0.5) is 5.95 Å². The highest BCUT2D eigenvalue weighted by molar-refractivity contribution is 9.12. The minimum absolute atomic E-state index is 0.146. The number of hydrogen-bond donors (Lipinski definition) is 2. The molecule has 0 saturated heterocycles. The van der Waals surface area contributed by atoms with Gasteiger partial charge in [0.25, 0.3) is 5.56 Å². The number of anilines is 1. The van der Waals surface area contributed by atoms with E-state index in [1.807, 2.05) is 42.5 Å². The van der Waals surface area contributed by atoms with Crippen LogP contribution in [0.15, 0.2) is 62.9 Å². The van der Waals surface area contributed by atoms with Gasteiger partial charge in [-0.05, 0) is 45.3 Å². The predicted molar refractivity (Wildman–Crippen MR) is 120 cm³/mol. The molecular weight excluding hydrogens is 450 g/mol. The highest BCUT2D eigenvalue weighted by Crippen LogP contribution is 2.28. The van der Waals surface area contributed by atoms with E-state index in [0.717, 1.165) is 15.6 Å². The van der Waals surface area contributed by atoms with E-state index in [-0.39, 0.29) is 17.2 Å². The zero-order valence-corrected chi connectivity index (χ0v) is 18.0. The molecule has 3 aromatic rings. The molecular formula is C21H20BrN5O3. The van der Waals surface area contributed by atoms with Gasteiger partial charge in [0.1, 0.15) is 5.69 Å². The Kier molecular flexibility index (Phi) is 7.34. The first kappa shape index (κ1) is 21.3. The van der Waals surface area contributed by atoms with Crippen LogP contribution < -0.4 is 20.5 Å². The molecule has 1 heterocycles. The van der Waals surface area contributed by atoms with E-state index in [0.29, 0.717) is 17.9 Å². The molecule has 0 aliphatic carbocycles. The van der Waals surface area contributed by atoms with E-state index in [1.54, 1.807) is 32.6 Å². The Hall–Kier alpha value is -3.46. The number of allylic oxidation sites excluding steroid dienone is 1. The van der Waals surface area contributed by atoms with Crippen LogP contribution in [0.3, 0.4) is 0 Å². The van der Waals surface area contributed by atoms with Gasteiger partial charge in [-0.3, -0.25) is 9.78 Å². The lowest BCUT2D eigenvalue weighted by atomic mass is 10.1. The van der Waals surface area contributed by atoms with Crippen molar-refractivity contribution in [2.45, 2.75) is 6.42 Å². The Labute approximate surface area is 181 Å². The number of aromatic amines is 1. The summed E-state index contributed by atoms with van der Waals surface area (Å²) in [6.45, 7) is 0. The second-order valence-corrected chi connectivity index (χ2v) is 7.04. The van der Waals surface area contributed by atoms with Gasteiger partial charge in [0.15, 0.2) is 11.5 Å². The number of nitrogens with zero attached hydrogens (tertiary/aromatic N) is 3. The number of nitrogens with one attached hydrogen (secondary N) is 2. The van der Waals surface area contributed by atoms with Gasteiger partial charge in [0.05, 0.1) is 20.4 Å².